The van der Waals surface area contributed by atoms with Crippen molar-refractivity contribution in [2.75, 3.05) is 26.2 Å². The van der Waals surface area contributed by atoms with Crippen LogP contribution in [0.2, 0.25) is 0 Å². The summed E-state index contributed by atoms with van der Waals surface area (Å²) in [5, 5.41) is 15.9. The Labute approximate surface area is 251 Å². The highest BCUT2D eigenvalue weighted by molar-refractivity contribution is 5.94. The van der Waals surface area contributed by atoms with Gasteiger partial charge in [-0.05, 0) is 83.0 Å². The van der Waals surface area contributed by atoms with Crippen LogP contribution in [-0.4, -0.2) is 70.8 Å². The van der Waals surface area contributed by atoms with E-state index in [0.29, 0.717) is 50.5 Å². The van der Waals surface area contributed by atoms with Gasteiger partial charge in [-0.1, -0.05) is 18.2 Å². The van der Waals surface area contributed by atoms with Gasteiger partial charge in [-0.2, -0.15) is 0 Å². The number of rotatable bonds is 10. The molecule has 0 bridgehead atoms. The van der Waals surface area contributed by atoms with Crippen molar-refractivity contribution in [3.8, 4) is 5.75 Å². The Hall–Kier alpha value is -4.22. The standard InChI is InChI=1S/C32H41N5O6/c1-21-17-24(26-7-5-6-8-27(26)34-21)20-42-25-11-9-22(10-12-25)30(39)35-28-19-37(15-13-23(28)18-29(38)36-41)16-14-33-31(40)43-32(2,3)4/h5-12,17,23,28,41H,13-16,18-20H2,1-4H3,(H,33,40)(H,35,39)(H,36,38)/t23-,28+/m0/s1. The number of aryl methyl sites for hydroxylation is 1. The number of ether oxygens (including phenoxy) is 2. The zero-order chi connectivity index (χ0) is 31.0. The highest BCUT2D eigenvalue weighted by atomic mass is 16.6. The van der Waals surface area contributed by atoms with Gasteiger partial charge >= 0.3 is 6.09 Å². The van der Waals surface area contributed by atoms with E-state index >= 15 is 0 Å². The van der Waals surface area contributed by atoms with E-state index in [1.807, 2.05) is 37.3 Å². The van der Waals surface area contributed by atoms with Gasteiger partial charge in [0.15, 0.2) is 0 Å². The van der Waals surface area contributed by atoms with Crippen molar-refractivity contribution in [1.82, 2.24) is 26.0 Å². The summed E-state index contributed by atoms with van der Waals surface area (Å²) >= 11 is 0. The van der Waals surface area contributed by atoms with Gasteiger partial charge in [0, 0.05) is 54.3 Å². The molecule has 4 rings (SSSR count). The number of carbonyl (C=O) groups is 3. The molecule has 11 heteroatoms. The second-order valence-electron chi connectivity index (χ2n) is 11.9. The number of carbonyl (C=O) groups excluding carboxylic acids is 3. The minimum Gasteiger partial charge on any atom is -0.489 e. The fraction of sp³-hybridized carbons (Fsp3) is 0.438. The maximum atomic E-state index is 13.2. The third kappa shape index (κ3) is 9.39. The SMILES string of the molecule is Cc1cc(COc2ccc(C(=O)N[C@@H]3CN(CCNC(=O)OC(C)(C)C)CC[C@H]3CC(=O)NO)cc2)c2ccccc2n1. The minimum atomic E-state index is -0.580. The van der Waals surface area contributed by atoms with E-state index < -0.39 is 17.6 Å². The van der Waals surface area contributed by atoms with Crippen molar-refractivity contribution in [2.24, 2.45) is 5.92 Å². The molecule has 3 amide bonds. The van der Waals surface area contributed by atoms with Crippen LogP contribution in [-0.2, 0) is 16.1 Å². The second kappa shape index (κ2) is 14.3. The van der Waals surface area contributed by atoms with E-state index in [2.05, 4.69) is 20.5 Å². The Morgan fingerprint density at radius 2 is 1.84 bits per heavy atom. The molecule has 2 aromatic carbocycles. The molecule has 43 heavy (non-hydrogen) atoms. The molecule has 1 aliphatic heterocycles. The van der Waals surface area contributed by atoms with Crippen molar-refractivity contribution >= 4 is 28.8 Å². The molecule has 0 aliphatic carbocycles. The van der Waals surface area contributed by atoms with Gasteiger partial charge in [-0.15, -0.1) is 0 Å². The molecule has 2 atom stereocenters. The summed E-state index contributed by atoms with van der Waals surface area (Å²) < 4.78 is 11.3. The Kier molecular flexibility index (Phi) is 10.5. The monoisotopic (exact) mass is 591 g/mol. The van der Waals surface area contributed by atoms with Crippen molar-refractivity contribution in [3.63, 3.8) is 0 Å². The Bertz CT molecular complexity index is 1420. The highest BCUT2D eigenvalue weighted by Crippen LogP contribution is 2.23. The first-order valence-corrected chi connectivity index (χ1v) is 14.5. The van der Waals surface area contributed by atoms with Crippen LogP contribution >= 0.6 is 0 Å². The molecule has 1 aromatic heterocycles. The predicted molar refractivity (Wildman–Crippen MR) is 162 cm³/mol. The van der Waals surface area contributed by atoms with Gasteiger partial charge in [0.25, 0.3) is 5.91 Å². The number of alkyl carbamates (subject to hydrolysis) is 1. The van der Waals surface area contributed by atoms with Crippen LogP contribution in [0.4, 0.5) is 4.79 Å². The number of hydroxylamine groups is 1. The first kappa shape index (κ1) is 31.7. The van der Waals surface area contributed by atoms with Crippen LogP contribution in [0.3, 0.4) is 0 Å². The fourth-order valence-electron chi connectivity index (χ4n) is 5.22. The summed E-state index contributed by atoms with van der Waals surface area (Å²) in [5.74, 6) is -0.292. The number of amides is 3. The van der Waals surface area contributed by atoms with Crippen LogP contribution in [0, 0.1) is 12.8 Å². The predicted octanol–water partition coefficient (Wildman–Crippen LogP) is 3.96. The largest absolute Gasteiger partial charge is 0.489 e. The lowest BCUT2D eigenvalue weighted by molar-refractivity contribution is -0.130. The molecule has 2 heterocycles. The number of para-hydroxylation sites is 1. The van der Waals surface area contributed by atoms with Crippen molar-refractivity contribution in [1.29, 1.82) is 0 Å². The van der Waals surface area contributed by atoms with Gasteiger partial charge in [0.2, 0.25) is 5.91 Å². The summed E-state index contributed by atoms with van der Waals surface area (Å²) in [7, 11) is 0. The lowest BCUT2D eigenvalue weighted by atomic mass is 9.88. The van der Waals surface area contributed by atoms with Crippen LogP contribution < -0.4 is 20.9 Å². The molecule has 1 fully saturated rings. The molecule has 230 valence electrons. The van der Waals surface area contributed by atoms with Gasteiger partial charge < -0.3 is 20.1 Å². The number of likely N-dealkylation sites (tertiary alicyclic amines) is 1. The van der Waals surface area contributed by atoms with Crippen molar-refractivity contribution in [3.05, 3.63) is 71.4 Å². The molecule has 11 nitrogen and oxygen atoms in total. The van der Waals surface area contributed by atoms with Gasteiger partial charge in [-0.25, -0.2) is 10.3 Å². The number of nitrogens with one attached hydrogen (secondary N) is 3. The van der Waals surface area contributed by atoms with Crippen LogP contribution in [0.5, 0.6) is 5.75 Å². The Morgan fingerprint density at radius 1 is 1.09 bits per heavy atom. The molecular formula is C32H41N5O6. The average Bonchev–Trinajstić information content (AvgIpc) is 2.96. The van der Waals surface area contributed by atoms with Gasteiger partial charge in [-0.3, -0.25) is 24.7 Å². The minimum absolute atomic E-state index is 0.0847. The summed E-state index contributed by atoms with van der Waals surface area (Å²) in [5.41, 5.74) is 4.45. The lowest BCUT2D eigenvalue weighted by Crippen LogP contribution is -2.54. The van der Waals surface area contributed by atoms with E-state index in [1.54, 1.807) is 50.5 Å². The molecule has 0 radical (unpaired) electrons. The number of pyridine rings is 1. The van der Waals surface area contributed by atoms with E-state index in [1.165, 1.54) is 0 Å². The van der Waals surface area contributed by atoms with E-state index in [-0.39, 0.29) is 24.3 Å². The summed E-state index contributed by atoms with van der Waals surface area (Å²) in [6, 6.07) is 16.6. The number of aromatic nitrogens is 1. The topological polar surface area (TPSA) is 142 Å². The third-order valence-corrected chi connectivity index (χ3v) is 7.27. The van der Waals surface area contributed by atoms with Crippen LogP contribution in [0.15, 0.2) is 54.6 Å². The quantitative estimate of drug-likeness (QED) is 0.205. The van der Waals surface area contributed by atoms with Crippen LogP contribution in [0.1, 0.15) is 55.2 Å². The summed E-state index contributed by atoms with van der Waals surface area (Å²) in [4.78, 5) is 43.9. The molecule has 1 aliphatic rings. The lowest BCUT2D eigenvalue weighted by Gasteiger charge is -2.38. The van der Waals surface area contributed by atoms with Crippen LogP contribution in [0.25, 0.3) is 10.9 Å². The molecule has 1 saturated heterocycles. The van der Waals surface area contributed by atoms with E-state index in [4.69, 9.17) is 14.7 Å². The maximum Gasteiger partial charge on any atom is 0.407 e. The van der Waals surface area contributed by atoms with Gasteiger partial charge in [0.1, 0.15) is 18.0 Å². The number of benzene rings is 2. The Balaban J connectivity index is 1.35. The number of hydrogen-bond donors (Lipinski definition) is 4. The summed E-state index contributed by atoms with van der Waals surface area (Å²) in [6.07, 6.45) is 0.241. The van der Waals surface area contributed by atoms with Gasteiger partial charge in [0.05, 0.1) is 5.52 Å². The third-order valence-electron chi connectivity index (χ3n) is 7.27. The molecule has 4 N–H and O–H groups in total. The highest BCUT2D eigenvalue weighted by Gasteiger charge is 2.32. The fourth-order valence-corrected chi connectivity index (χ4v) is 5.22. The zero-order valence-electron chi connectivity index (χ0n) is 25.2. The van der Waals surface area contributed by atoms with E-state index in [9.17, 15) is 14.4 Å². The average molecular weight is 592 g/mol. The molecule has 0 saturated carbocycles. The smallest absolute Gasteiger partial charge is 0.407 e. The van der Waals surface area contributed by atoms with Crippen molar-refractivity contribution < 1.29 is 29.1 Å². The number of piperidine rings is 1. The molecule has 3 aromatic rings. The van der Waals surface area contributed by atoms with E-state index in [0.717, 1.165) is 22.2 Å². The zero-order valence-corrected chi connectivity index (χ0v) is 25.2. The second-order valence-corrected chi connectivity index (χ2v) is 11.9. The number of nitrogens with zero attached hydrogens (tertiary/aromatic N) is 2. The number of hydrogen-bond acceptors (Lipinski definition) is 8. The first-order valence-electron chi connectivity index (χ1n) is 14.5. The number of fused-ring (bicyclic) bond motifs is 1. The molecule has 0 spiro atoms. The maximum absolute atomic E-state index is 13.2. The first-order chi connectivity index (χ1) is 20.5. The summed E-state index contributed by atoms with van der Waals surface area (Å²) in [6.45, 7) is 9.85. The molecule has 0 unspecified atom stereocenters. The van der Waals surface area contributed by atoms with Crippen molar-refractivity contribution in [2.45, 2.75) is 58.8 Å². The molecular weight excluding hydrogens is 550 g/mol. The Morgan fingerprint density at radius 3 is 2.56 bits per heavy atom. The normalized spacial score (nSPS) is 17.2.